The smallest absolute Gasteiger partial charge is 0.475 e. The first kappa shape index (κ1) is 12.2. The highest BCUT2D eigenvalue weighted by atomic mass is 19.4. The summed E-state index contributed by atoms with van der Waals surface area (Å²) in [6, 6.07) is 8.22. The fraction of sp³-hybridized carbons (Fsp3) is 0.200. The number of hydrogen-bond donors (Lipinski definition) is 1. The summed E-state index contributed by atoms with van der Waals surface area (Å²) in [5, 5.41) is 7.12. The number of benzene rings is 1. The summed E-state index contributed by atoms with van der Waals surface area (Å²) < 4.78 is 31.7. The number of hydrogen-bond acceptors (Lipinski definition) is 2. The van der Waals surface area contributed by atoms with E-state index in [1.807, 2.05) is 24.4 Å². The second kappa shape index (κ2) is 4.78. The van der Waals surface area contributed by atoms with Crippen LogP contribution < -0.4 is 0 Å². The molecule has 1 aromatic carbocycles. The number of aliphatic carboxylic acids is 1. The molecule has 3 nitrogen and oxygen atoms in total. The third-order valence-electron chi connectivity index (χ3n) is 1.78. The third kappa shape index (κ3) is 3.38. The predicted molar refractivity (Wildman–Crippen MR) is 52.0 cm³/mol. The lowest BCUT2D eigenvalue weighted by Crippen LogP contribution is -2.21. The average molecular weight is 231 g/mol. The lowest BCUT2D eigenvalue weighted by atomic mass is 10.2. The van der Waals surface area contributed by atoms with Gasteiger partial charge < -0.3 is 5.11 Å². The second-order valence-electron chi connectivity index (χ2n) is 2.95. The van der Waals surface area contributed by atoms with Crippen LogP contribution in [0.3, 0.4) is 0 Å². The number of carboxylic acid groups (broad SMARTS) is 1. The molecule has 1 N–H and O–H groups in total. The Labute approximate surface area is 89.2 Å². The number of alkyl halides is 3. The second-order valence-corrected chi connectivity index (χ2v) is 2.95. The summed E-state index contributed by atoms with van der Waals surface area (Å²) in [5.74, 6) is -2.76. The fourth-order valence-corrected chi connectivity index (χ4v) is 1.05. The van der Waals surface area contributed by atoms with Gasteiger partial charge in [-0.3, -0.25) is 4.99 Å². The van der Waals surface area contributed by atoms with E-state index in [2.05, 4.69) is 11.1 Å². The molecule has 16 heavy (non-hydrogen) atoms. The number of nitrogens with zero attached hydrogens (tertiary/aromatic N) is 1. The lowest BCUT2D eigenvalue weighted by Gasteiger charge is -1.93. The summed E-state index contributed by atoms with van der Waals surface area (Å²) in [5.41, 5.74) is 2.48. The van der Waals surface area contributed by atoms with Crippen molar-refractivity contribution in [2.24, 2.45) is 4.99 Å². The number of rotatable bonds is 0. The molecule has 0 bridgehead atoms. The zero-order valence-electron chi connectivity index (χ0n) is 8.03. The highest BCUT2D eigenvalue weighted by Crippen LogP contribution is 2.22. The van der Waals surface area contributed by atoms with Gasteiger partial charge in [-0.05, 0) is 11.6 Å². The molecular weight excluding hydrogens is 223 g/mol. The molecule has 0 fully saturated rings. The molecule has 0 amide bonds. The molecule has 6 heteroatoms. The first-order chi connectivity index (χ1) is 7.41. The Morgan fingerprint density at radius 2 is 1.88 bits per heavy atom. The van der Waals surface area contributed by atoms with Crippen molar-refractivity contribution in [2.45, 2.75) is 12.6 Å². The van der Waals surface area contributed by atoms with E-state index < -0.39 is 12.1 Å². The van der Waals surface area contributed by atoms with Crippen LogP contribution in [0.15, 0.2) is 29.3 Å². The summed E-state index contributed by atoms with van der Waals surface area (Å²) in [4.78, 5) is 13.1. The van der Waals surface area contributed by atoms with Gasteiger partial charge in [-0.25, -0.2) is 4.79 Å². The van der Waals surface area contributed by atoms with Crippen LogP contribution in [0.2, 0.25) is 0 Å². The number of fused-ring (bicyclic) bond motifs is 1. The van der Waals surface area contributed by atoms with Crippen molar-refractivity contribution < 1.29 is 23.1 Å². The summed E-state index contributed by atoms with van der Waals surface area (Å²) in [7, 11) is 0. The summed E-state index contributed by atoms with van der Waals surface area (Å²) in [6.45, 7) is 0. The minimum absolute atomic E-state index is 1.01. The molecule has 1 heterocycles. The highest BCUT2D eigenvalue weighted by molar-refractivity contribution is 5.75. The van der Waals surface area contributed by atoms with Crippen molar-refractivity contribution >= 4 is 17.9 Å². The molecule has 0 radical (unpaired) electrons. The molecule has 2 rings (SSSR count). The van der Waals surface area contributed by atoms with Crippen LogP contribution in [0.1, 0.15) is 5.56 Å². The predicted octanol–water partition coefficient (Wildman–Crippen LogP) is 2.58. The van der Waals surface area contributed by atoms with Gasteiger partial charge in [0.15, 0.2) is 0 Å². The fourth-order valence-electron chi connectivity index (χ4n) is 1.05. The van der Waals surface area contributed by atoms with Crippen molar-refractivity contribution in [3.63, 3.8) is 0 Å². The molecule has 0 spiro atoms. The van der Waals surface area contributed by atoms with Gasteiger partial charge in [0.2, 0.25) is 0 Å². The Balaban J connectivity index is 0.000000168. The molecule has 1 aliphatic rings. The first-order valence-corrected chi connectivity index (χ1v) is 4.32. The van der Waals surface area contributed by atoms with E-state index in [1.165, 1.54) is 5.56 Å². The lowest BCUT2D eigenvalue weighted by molar-refractivity contribution is -0.192. The number of para-hydroxylation sites is 1. The van der Waals surface area contributed by atoms with Gasteiger partial charge in [0.05, 0.1) is 5.69 Å². The number of carbonyl (C=O) groups is 1. The van der Waals surface area contributed by atoms with Gasteiger partial charge in [0.25, 0.3) is 0 Å². The van der Waals surface area contributed by atoms with Gasteiger partial charge in [-0.1, -0.05) is 18.2 Å². The Hall–Kier alpha value is -1.85. The Bertz CT molecular complexity index is 413. The van der Waals surface area contributed by atoms with Crippen molar-refractivity contribution in [1.29, 1.82) is 0 Å². The summed E-state index contributed by atoms with van der Waals surface area (Å²) >= 11 is 0. The highest BCUT2D eigenvalue weighted by Gasteiger charge is 2.38. The van der Waals surface area contributed by atoms with Crippen molar-refractivity contribution in [2.75, 3.05) is 0 Å². The molecule has 0 saturated heterocycles. The Morgan fingerprint density at radius 3 is 2.38 bits per heavy atom. The molecule has 86 valence electrons. The van der Waals surface area contributed by atoms with E-state index in [0.29, 0.717) is 0 Å². The SMILES string of the molecule is C1=Nc2ccccc2C1.O=C(O)C(F)(F)F. The van der Waals surface area contributed by atoms with E-state index in [0.717, 1.165) is 12.1 Å². The normalized spacial score (nSPS) is 12.7. The minimum atomic E-state index is -5.08. The largest absolute Gasteiger partial charge is 0.490 e. The van der Waals surface area contributed by atoms with Gasteiger partial charge in [-0.15, -0.1) is 0 Å². The number of halogens is 3. The quantitative estimate of drug-likeness (QED) is 0.746. The van der Waals surface area contributed by atoms with E-state index in [-0.39, 0.29) is 0 Å². The maximum atomic E-state index is 10.6. The Morgan fingerprint density at radius 1 is 1.31 bits per heavy atom. The van der Waals surface area contributed by atoms with E-state index >= 15 is 0 Å². The first-order valence-electron chi connectivity index (χ1n) is 4.32. The van der Waals surface area contributed by atoms with Crippen molar-refractivity contribution in [3.05, 3.63) is 29.8 Å². The third-order valence-corrected chi connectivity index (χ3v) is 1.78. The maximum Gasteiger partial charge on any atom is 0.490 e. The van der Waals surface area contributed by atoms with E-state index in [9.17, 15) is 13.2 Å². The van der Waals surface area contributed by atoms with Crippen LogP contribution in [0.25, 0.3) is 0 Å². The average Bonchev–Trinajstić information content (AvgIpc) is 2.64. The molecular formula is C10H8F3NO2. The Kier molecular flexibility index (Phi) is 3.65. The molecule has 1 aliphatic heterocycles. The van der Waals surface area contributed by atoms with E-state index in [4.69, 9.17) is 9.90 Å². The standard InChI is InChI=1S/C8H7N.C2HF3O2/c1-2-4-8-7(3-1)5-6-9-8;3-2(4,5)1(6)7/h1-4,6H,5H2;(H,6,7). The zero-order chi connectivity index (χ0) is 12.2. The zero-order valence-corrected chi connectivity index (χ0v) is 8.03. The molecule has 0 aromatic heterocycles. The molecule has 0 atom stereocenters. The monoisotopic (exact) mass is 231 g/mol. The van der Waals surface area contributed by atoms with Crippen LogP contribution in [0.4, 0.5) is 18.9 Å². The topological polar surface area (TPSA) is 49.7 Å². The van der Waals surface area contributed by atoms with Gasteiger partial charge in [-0.2, -0.15) is 13.2 Å². The van der Waals surface area contributed by atoms with E-state index in [1.54, 1.807) is 0 Å². The van der Waals surface area contributed by atoms with Crippen molar-refractivity contribution in [1.82, 2.24) is 0 Å². The molecule has 0 aliphatic carbocycles. The minimum Gasteiger partial charge on any atom is -0.475 e. The van der Waals surface area contributed by atoms with Crippen LogP contribution in [0, 0.1) is 0 Å². The van der Waals surface area contributed by atoms with Gasteiger partial charge in [0, 0.05) is 12.6 Å². The van der Waals surface area contributed by atoms with Gasteiger partial charge in [0.1, 0.15) is 0 Å². The summed E-state index contributed by atoms with van der Waals surface area (Å²) in [6.07, 6.45) is -2.12. The number of aliphatic imine (C=N–C) groups is 1. The molecule has 0 unspecified atom stereocenters. The molecule has 0 saturated carbocycles. The van der Waals surface area contributed by atoms with Crippen LogP contribution in [-0.4, -0.2) is 23.5 Å². The molecule has 1 aromatic rings. The van der Waals surface area contributed by atoms with Crippen LogP contribution in [-0.2, 0) is 11.2 Å². The van der Waals surface area contributed by atoms with Crippen LogP contribution in [0.5, 0.6) is 0 Å². The number of carboxylic acids is 1. The van der Waals surface area contributed by atoms with Crippen LogP contribution >= 0.6 is 0 Å². The van der Waals surface area contributed by atoms with Gasteiger partial charge >= 0.3 is 12.1 Å². The maximum absolute atomic E-state index is 10.6. The van der Waals surface area contributed by atoms with Crippen molar-refractivity contribution in [3.8, 4) is 0 Å².